The highest BCUT2D eigenvalue weighted by atomic mass is 16.5. The summed E-state index contributed by atoms with van der Waals surface area (Å²) >= 11 is 0. The van der Waals surface area contributed by atoms with Crippen LogP contribution in [0, 0.1) is 24.2 Å². The number of rotatable bonds is 5. The summed E-state index contributed by atoms with van der Waals surface area (Å²) in [4.78, 5) is 34.8. The van der Waals surface area contributed by atoms with Crippen molar-refractivity contribution in [2.45, 2.75) is 51.6 Å². The van der Waals surface area contributed by atoms with Crippen molar-refractivity contribution in [2.75, 3.05) is 40.3 Å². The molecule has 0 radical (unpaired) electrons. The number of hydrogen-bond donors (Lipinski definition) is 1. The lowest BCUT2D eigenvalue weighted by Crippen LogP contribution is -2.50. The number of carbonyl (C=O) groups excluding carboxylic acids is 2. The molecule has 210 valence electrons. The van der Waals surface area contributed by atoms with Crippen LogP contribution in [0.3, 0.4) is 0 Å². The summed E-state index contributed by atoms with van der Waals surface area (Å²) in [7, 11) is 3.57. The summed E-state index contributed by atoms with van der Waals surface area (Å²) in [6.07, 6.45) is 8.66. The van der Waals surface area contributed by atoms with Gasteiger partial charge in [0.15, 0.2) is 0 Å². The number of nitrogens with zero attached hydrogens (tertiary/aromatic N) is 3. The van der Waals surface area contributed by atoms with Crippen LogP contribution in [-0.4, -0.2) is 71.8 Å². The van der Waals surface area contributed by atoms with E-state index < -0.39 is 0 Å². The molecule has 4 aliphatic rings. The van der Waals surface area contributed by atoms with E-state index >= 15 is 0 Å². The van der Waals surface area contributed by atoms with Gasteiger partial charge in [-0.1, -0.05) is 12.1 Å². The molecule has 2 amide bonds. The minimum atomic E-state index is -0.0555. The molecule has 2 aliphatic heterocycles. The standard InChI is InChI=1S/C33H40N4O3/c1-21-14-29(40-3)27(26-8-10-34-31(21)26)19-36-11-9-33(16-24-15-25(24)17-33)18-28(36)22-4-6-23(7-5-22)32(39)37-13-12-35(2)30(38)20-37/h4-8,10,14,24-25,28,34H,9,11-13,15-20H2,1-3H3/t24-,25?,28-,33?/m0/s1. The van der Waals surface area contributed by atoms with Gasteiger partial charge in [-0.3, -0.25) is 14.5 Å². The van der Waals surface area contributed by atoms with Crippen molar-refractivity contribution in [1.29, 1.82) is 0 Å². The highest BCUT2D eigenvalue weighted by Gasteiger charge is 2.55. The Morgan fingerprint density at radius 2 is 1.85 bits per heavy atom. The molecule has 4 atom stereocenters. The molecule has 40 heavy (non-hydrogen) atoms. The number of piperidine rings is 1. The van der Waals surface area contributed by atoms with Crippen molar-refractivity contribution < 1.29 is 14.3 Å². The van der Waals surface area contributed by atoms with Gasteiger partial charge in [-0.15, -0.1) is 0 Å². The molecule has 1 aromatic heterocycles. The molecule has 0 bridgehead atoms. The molecule has 1 spiro atoms. The first kappa shape index (κ1) is 25.6. The molecule has 2 saturated carbocycles. The molecule has 4 fully saturated rings. The van der Waals surface area contributed by atoms with Gasteiger partial charge >= 0.3 is 0 Å². The number of ether oxygens (including phenoxy) is 1. The van der Waals surface area contributed by atoms with Crippen LogP contribution in [-0.2, 0) is 11.3 Å². The van der Waals surface area contributed by atoms with Gasteiger partial charge in [-0.2, -0.15) is 0 Å². The summed E-state index contributed by atoms with van der Waals surface area (Å²) in [6.45, 7) is 5.35. The molecule has 7 nitrogen and oxygen atoms in total. The maximum atomic E-state index is 13.2. The largest absolute Gasteiger partial charge is 0.496 e. The van der Waals surface area contributed by atoms with Crippen LogP contribution in [0.5, 0.6) is 5.75 Å². The number of likely N-dealkylation sites (tertiary alicyclic amines) is 1. The Morgan fingerprint density at radius 1 is 1.07 bits per heavy atom. The van der Waals surface area contributed by atoms with Crippen molar-refractivity contribution in [3.63, 3.8) is 0 Å². The third kappa shape index (κ3) is 4.39. The zero-order chi connectivity index (χ0) is 27.6. The molecule has 7 heteroatoms. The second-order valence-electron chi connectivity index (χ2n) is 12.9. The number of benzene rings is 2. The second-order valence-corrected chi connectivity index (χ2v) is 12.9. The summed E-state index contributed by atoms with van der Waals surface area (Å²) < 4.78 is 5.90. The molecular weight excluding hydrogens is 500 g/mol. The lowest BCUT2D eigenvalue weighted by molar-refractivity contribution is -0.133. The number of piperazine rings is 1. The summed E-state index contributed by atoms with van der Waals surface area (Å²) in [5.41, 5.74) is 6.01. The number of fused-ring (bicyclic) bond motifs is 2. The van der Waals surface area contributed by atoms with Crippen molar-refractivity contribution in [1.82, 2.24) is 19.7 Å². The third-order valence-electron chi connectivity index (χ3n) is 10.4. The first-order valence-electron chi connectivity index (χ1n) is 14.8. The third-order valence-corrected chi connectivity index (χ3v) is 10.4. The van der Waals surface area contributed by atoms with E-state index in [1.807, 2.05) is 18.3 Å². The van der Waals surface area contributed by atoms with E-state index in [0.717, 1.165) is 30.7 Å². The fourth-order valence-electron chi connectivity index (χ4n) is 8.02. The molecule has 2 aliphatic carbocycles. The smallest absolute Gasteiger partial charge is 0.254 e. The van der Waals surface area contributed by atoms with Crippen LogP contribution >= 0.6 is 0 Å². The van der Waals surface area contributed by atoms with Gasteiger partial charge in [-0.25, -0.2) is 0 Å². The lowest BCUT2D eigenvalue weighted by Gasteiger charge is -2.46. The Hall–Kier alpha value is -3.32. The lowest BCUT2D eigenvalue weighted by atomic mass is 9.70. The van der Waals surface area contributed by atoms with Gasteiger partial charge in [-0.05, 0) is 98.2 Å². The Bertz CT molecular complexity index is 1450. The predicted molar refractivity (Wildman–Crippen MR) is 155 cm³/mol. The molecule has 2 aromatic carbocycles. The maximum absolute atomic E-state index is 13.2. The summed E-state index contributed by atoms with van der Waals surface area (Å²) in [5.74, 6) is 2.80. The molecule has 3 aromatic rings. The van der Waals surface area contributed by atoms with E-state index in [-0.39, 0.29) is 18.4 Å². The number of aromatic nitrogens is 1. The Labute approximate surface area is 236 Å². The normalized spacial score (nSPS) is 28.4. The molecular formula is C33H40N4O3. The van der Waals surface area contributed by atoms with Crippen LogP contribution in [0.1, 0.15) is 65.2 Å². The van der Waals surface area contributed by atoms with E-state index in [9.17, 15) is 9.59 Å². The highest BCUT2D eigenvalue weighted by molar-refractivity contribution is 5.97. The zero-order valence-corrected chi connectivity index (χ0v) is 23.9. The van der Waals surface area contributed by atoms with Crippen molar-refractivity contribution in [3.05, 3.63) is 64.8 Å². The molecule has 1 N–H and O–H groups in total. The van der Waals surface area contributed by atoms with Crippen LogP contribution in [0.15, 0.2) is 42.6 Å². The van der Waals surface area contributed by atoms with Crippen LogP contribution in [0.2, 0.25) is 0 Å². The first-order chi connectivity index (χ1) is 19.3. The average Bonchev–Trinajstić information content (AvgIpc) is 3.33. The fraction of sp³-hybridized carbons (Fsp3) is 0.515. The second kappa shape index (κ2) is 9.65. The number of hydrogen-bond acceptors (Lipinski definition) is 4. The van der Waals surface area contributed by atoms with Gasteiger partial charge in [0.2, 0.25) is 5.91 Å². The molecule has 2 unspecified atom stereocenters. The van der Waals surface area contributed by atoms with Gasteiger partial charge in [0, 0.05) is 61.0 Å². The number of carbonyl (C=O) groups is 2. The number of nitrogens with one attached hydrogen (secondary N) is 1. The number of methoxy groups -OCH3 is 1. The number of aromatic amines is 1. The van der Waals surface area contributed by atoms with Crippen molar-refractivity contribution in [3.8, 4) is 5.75 Å². The SMILES string of the molecule is COc1cc(C)c2[nH]ccc2c1CN1CCC2(CC3C[C@H]3C2)C[C@H]1c1ccc(C(=O)N2CCN(C)C(=O)C2)cc1. The van der Waals surface area contributed by atoms with Crippen molar-refractivity contribution in [2.24, 2.45) is 17.3 Å². The topological polar surface area (TPSA) is 68.9 Å². The number of amides is 2. The quantitative estimate of drug-likeness (QED) is 0.486. The van der Waals surface area contributed by atoms with E-state index in [1.165, 1.54) is 59.7 Å². The van der Waals surface area contributed by atoms with Crippen LogP contribution in [0.25, 0.3) is 10.9 Å². The van der Waals surface area contributed by atoms with Gasteiger partial charge in [0.05, 0.1) is 7.11 Å². The minimum absolute atomic E-state index is 0.00274. The summed E-state index contributed by atoms with van der Waals surface area (Å²) in [6, 6.07) is 12.9. The van der Waals surface area contributed by atoms with Crippen LogP contribution < -0.4 is 4.74 Å². The minimum Gasteiger partial charge on any atom is -0.496 e. The number of aryl methyl sites for hydroxylation is 1. The Balaban J connectivity index is 1.18. The van der Waals surface area contributed by atoms with Gasteiger partial charge < -0.3 is 19.5 Å². The predicted octanol–water partition coefficient (Wildman–Crippen LogP) is 5.15. The zero-order valence-electron chi connectivity index (χ0n) is 23.9. The van der Waals surface area contributed by atoms with E-state index in [2.05, 4.69) is 41.1 Å². The van der Waals surface area contributed by atoms with E-state index in [0.29, 0.717) is 30.1 Å². The van der Waals surface area contributed by atoms with Gasteiger partial charge in [0.25, 0.3) is 5.91 Å². The number of likely N-dealkylation sites (N-methyl/N-ethyl adjacent to an activating group) is 1. The fourth-order valence-corrected chi connectivity index (χ4v) is 8.02. The van der Waals surface area contributed by atoms with Crippen molar-refractivity contribution >= 4 is 22.7 Å². The number of H-pyrrole nitrogens is 1. The Morgan fingerprint density at radius 3 is 2.58 bits per heavy atom. The summed E-state index contributed by atoms with van der Waals surface area (Å²) in [5, 5.41) is 1.24. The van der Waals surface area contributed by atoms with E-state index in [1.54, 1.807) is 24.0 Å². The average molecular weight is 541 g/mol. The Kier molecular flexibility index (Phi) is 6.19. The molecule has 7 rings (SSSR count). The van der Waals surface area contributed by atoms with E-state index in [4.69, 9.17) is 4.74 Å². The van der Waals surface area contributed by atoms with Crippen LogP contribution in [0.4, 0.5) is 0 Å². The monoisotopic (exact) mass is 540 g/mol. The first-order valence-corrected chi connectivity index (χ1v) is 14.8. The van der Waals surface area contributed by atoms with Gasteiger partial charge in [0.1, 0.15) is 12.3 Å². The highest BCUT2D eigenvalue weighted by Crippen LogP contribution is 2.65. The molecule has 2 saturated heterocycles. The maximum Gasteiger partial charge on any atom is 0.254 e. The molecule has 3 heterocycles.